The minimum absolute atomic E-state index is 0.164. The van der Waals surface area contributed by atoms with Crippen molar-refractivity contribution in [2.45, 2.75) is 11.7 Å². The highest BCUT2D eigenvalue weighted by molar-refractivity contribution is 8.00. The number of ketones is 1. The lowest BCUT2D eigenvalue weighted by Crippen LogP contribution is -2.09. The Hall–Kier alpha value is -0.490. The van der Waals surface area contributed by atoms with E-state index in [1.54, 1.807) is 23.5 Å². The van der Waals surface area contributed by atoms with Gasteiger partial charge < -0.3 is 4.52 Å². The number of hydrogen-bond acceptors (Lipinski definition) is 6. The predicted molar refractivity (Wildman–Crippen MR) is 56.6 cm³/mol. The second kappa shape index (κ2) is 4.35. The molecule has 0 spiro atoms. The molecule has 0 aliphatic carbocycles. The first-order valence-corrected chi connectivity index (χ1v) is 6.78. The van der Waals surface area contributed by atoms with E-state index in [9.17, 15) is 4.79 Å². The number of hydrogen-bond donors (Lipinski definition) is 0. The van der Waals surface area contributed by atoms with Crippen molar-refractivity contribution in [3.8, 4) is 0 Å². The first-order valence-electron chi connectivity index (χ1n) is 4.23. The standard InChI is InChI=1S/C8H10N2O2S2/c1-13-4-7-9-8(12-10-7)5-2-14-3-6(5)11/h5H,2-4H2,1H3. The maximum Gasteiger partial charge on any atom is 0.238 e. The summed E-state index contributed by atoms with van der Waals surface area (Å²) >= 11 is 3.26. The molecule has 1 unspecified atom stereocenters. The molecule has 0 N–H and O–H groups in total. The van der Waals surface area contributed by atoms with Crippen LogP contribution in [0.3, 0.4) is 0 Å². The van der Waals surface area contributed by atoms with E-state index in [0.717, 1.165) is 11.5 Å². The van der Waals surface area contributed by atoms with Crippen molar-refractivity contribution >= 4 is 29.3 Å². The average Bonchev–Trinajstić information content (AvgIpc) is 2.74. The molecule has 1 saturated heterocycles. The van der Waals surface area contributed by atoms with Crippen molar-refractivity contribution in [2.75, 3.05) is 17.8 Å². The van der Waals surface area contributed by atoms with Crippen LogP contribution < -0.4 is 0 Å². The lowest BCUT2D eigenvalue weighted by atomic mass is 10.1. The monoisotopic (exact) mass is 230 g/mol. The van der Waals surface area contributed by atoms with Gasteiger partial charge in [0.05, 0.1) is 11.5 Å². The van der Waals surface area contributed by atoms with Gasteiger partial charge in [0.1, 0.15) is 5.92 Å². The van der Waals surface area contributed by atoms with Gasteiger partial charge in [-0.15, -0.1) is 0 Å². The van der Waals surface area contributed by atoms with Crippen molar-refractivity contribution in [1.29, 1.82) is 0 Å². The van der Waals surface area contributed by atoms with Crippen molar-refractivity contribution in [3.05, 3.63) is 11.7 Å². The maximum absolute atomic E-state index is 11.4. The summed E-state index contributed by atoms with van der Waals surface area (Å²) in [6.45, 7) is 0. The van der Waals surface area contributed by atoms with Crippen molar-refractivity contribution in [3.63, 3.8) is 0 Å². The van der Waals surface area contributed by atoms with E-state index in [1.807, 2.05) is 6.26 Å². The van der Waals surface area contributed by atoms with Crippen LogP contribution in [-0.2, 0) is 10.5 Å². The Balaban J connectivity index is 2.12. The van der Waals surface area contributed by atoms with Crippen LogP contribution in [-0.4, -0.2) is 33.7 Å². The van der Waals surface area contributed by atoms with Gasteiger partial charge in [-0.2, -0.15) is 28.5 Å². The highest BCUT2D eigenvalue weighted by atomic mass is 32.2. The second-order valence-electron chi connectivity index (χ2n) is 3.02. The molecule has 0 radical (unpaired) electrons. The van der Waals surface area contributed by atoms with E-state index in [1.165, 1.54) is 0 Å². The van der Waals surface area contributed by atoms with Gasteiger partial charge in [-0.05, 0) is 6.26 Å². The van der Waals surface area contributed by atoms with Crippen LogP contribution >= 0.6 is 23.5 Å². The molecule has 0 aromatic carbocycles. The van der Waals surface area contributed by atoms with Gasteiger partial charge in [0, 0.05) is 5.75 Å². The van der Waals surface area contributed by atoms with Gasteiger partial charge in [-0.25, -0.2) is 0 Å². The largest absolute Gasteiger partial charge is 0.338 e. The molecule has 6 heteroatoms. The Morgan fingerprint density at radius 2 is 2.57 bits per heavy atom. The normalized spacial score (nSPS) is 21.8. The van der Waals surface area contributed by atoms with Crippen LogP contribution in [0, 0.1) is 0 Å². The van der Waals surface area contributed by atoms with Crippen molar-refractivity contribution in [1.82, 2.24) is 10.1 Å². The second-order valence-corrected chi connectivity index (χ2v) is 4.91. The minimum Gasteiger partial charge on any atom is -0.338 e. The first-order chi connectivity index (χ1) is 6.81. The quantitative estimate of drug-likeness (QED) is 0.781. The van der Waals surface area contributed by atoms with E-state index in [2.05, 4.69) is 10.1 Å². The molecule has 1 aliphatic heterocycles. The fraction of sp³-hybridized carbons (Fsp3) is 0.625. The number of carbonyl (C=O) groups is 1. The van der Waals surface area contributed by atoms with Gasteiger partial charge in [0.2, 0.25) is 5.89 Å². The van der Waals surface area contributed by atoms with E-state index >= 15 is 0 Å². The smallest absolute Gasteiger partial charge is 0.238 e. The van der Waals surface area contributed by atoms with E-state index < -0.39 is 0 Å². The highest BCUT2D eigenvalue weighted by Gasteiger charge is 2.31. The molecule has 76 valence electrons. The minimum atomic E-state index is -0.164. The van der Waals surface area contributed by atoms with Crippen LogP contribution in [0.25, 0.3) is 0 Å². The number of thioether (sulfide) groups is 2. The van der Waals surface area contributed by atoms with Crippen LogP contribution in [0.4, 0.5) is 0 Å². The van der Waals surface area contributed by atoms with Gasteiger partial charge in [-0.1, -0.05) is 5.16 Å². The SMILES string of the molecule is CSCc1noc(C2CSCC2=O)n1. The average molecular weight is 230 g/mol. The summed E-state index contributed by atoms with van der Waals surface area (Å²) in [5.74, 6) is 3.29. The predicted octanol–water partition coefficient (Wildman–Crippen LogP) is 1.33. The lowest BCUT2D eigenvalue weighted by Gasteiger charge is -1.97. The summed E-state index contributed by atoms with van der Waals surface area (Å²) in [7, 11) is 0. The number of nitrogens with zero attached hydrogens (tertiary/aromatic N) is 2. The van der Waals surface area contributed by atoms with Crippen molar-refractivity contribution < 1.29 is 9.32 Å². The van der Waals surface area contributed by atoms with E-state index in [4.69, 9.17) is 4.52 Å². The molecule has 4 nitrogen and oxygen atoms in total. The molecule has 0 saturated carbocycles. The Morgan fingerprint density at radius 3 is 3.21 bits per heavy atom. The Bertz CT molecular complexity index is 340. The van der Waals surface area contributed by atoms with E-state index in [-0.39, 0.29) is 11.7 Å². The number of carbonyl (C=O) groups excluding carboxylic acids is 1. The zero-order valence-electron chi connectivity index (χ0n) is 7.73. The summed E-state index contributed by atoms with van der Waals surface area (Å²) in [5.41, 5.74) is 0. The fourth-order valence-corrected chi connectivity index (χ4v) is 2.74. The van der Waals surface area contributed by atoms with E-state index in [0.29, 0.717) is 17.5 Å². The van der Waals surface area contributed by atoms with Gasteiger partial charge in [-0.3, -0.25) is 4.79 Å². The number of aromatic nitrogens is 2. The highest BCUT2D eigenvalue weighted by Crippen LogP contribution is 2.28. The molecule has 0 bridgehead atoms. The molecule has 1 fully saturated rings. The molecule has 1 aromatic rings. The van der Waals surface area contributed by atoms with Gasteiger partial charge >= 0.3 is 0 Å². The number of Topliss-reactive ketones (excluding diaryl/α,β-unsaturated/α-hetero) is 1. The van der Waals surface area contributed by atoms with Crippen LogP contribution in [0.15, 0.2) is 4.52 Å². The van der Waals surface area contributed by atoms with Gasteiger partial charge in [0.25, 0.3) is 0 Å². The summed E-state index contributed by atoms with van der Waals surface area (Å²) in [5, 5.41) is 3.82. The number of rotatable bonds is 3. The van der Waals surface area contributed by atoms with Crippen molar-refractivity contribution in [2.24, 2.45) is 0 Å². The Labute approximate surface area is 90.2 Å². The molecule has 1 aromatic heterocycles. The van der Waals surface area contributed by atoms with Crippen LogP contribution in [0.1, 0.15) is 17.6 Å². The molecule has 14 heavy (non-hydrogen) atoms. The molecular formula is C8H10N2O2S2. The molecule has 0 amide bonds. The third kappa shape index (κ3) is 1.95. The lowest BCUT2D eigenvalue weighted by molar-refractivity contribution is -0.117. The Kier molecular flexibility index (Phi) is 3.12. The summed E-state index contributed by atoms with van der Waals surface area (Å²) in [4.78, 5) is 15.6. The molecule has 1 atom stereocenters. The van der Waals surface area contributed by atoms with Gasteiger partial charge in [0.15, 0.2) is 11.6 Å². The zero-order valence-corrected chi connectivity index (χ0v) is 9.36. The third-order valence-electron chi connectivity index (χ3n) is 1.97. The zero-order chi connectivity index (χ0) is 9.97. The Morgan fingerprint density at radius 1 is 1.71 bits per heavy atom. The van der Waals surface area contributed by atoms with Crippen LogP contribution in [0.2, 0.25) is 0 Å². The molecular weight excluding hydrogens is 220 g/mol. The summed E-state index contributed by atoms with van der Waals surface area (Å²) in [6, 6.07) is 0. The van der Waals surface area contributed by atoms with Crippen LogP contribution in [0.5, 0.6) is 0 Å². The third-order valence-corrected chi connectivity index (χ3v) is 3.58. The molecule has 1 aliphatic rings. The maximum atomic E-state index is 11.4. The summed E-state index contributed by atoms with van der Waals surface area (Å²) < 4.78 is 5.06. The first kappa shape index (κ1) is 10.0. The fourth-order valence-electron chi connectivity index (χ4n) is 1.28. The molecule has 2 heterocycles. The topological polar surface area (TPSA) is 56.0 Å². The summed E-state index contributed by atoms with van der Waals surface area (Å²) in [6.07, 6.45) is 1.98. The molecule has 2 rings (SSSR count).